The molecule has 0 aliphatic rings. The minimum absolute atomic E-state index is 0.0651. The van der Waals surface area contributed by atoms with Gasteiger partial charge in [0.2, 0.25) is 0 Å². The van der Waals surface area contributed by atoms with Crippen molar-refractivity contribution in [3.8, 4) is 0 Å². The second-order valence-electron chi connectivity index (χ2n) is 3.43. The lowest BCUT2D eigenvalue weighted by Crippen LogP contribution is -2.25. The van der Waals surface area contributed by atoms with Crippen molar-refractivity contribution in [1.82, 2.24) is 4.90 Å². The predicted molar refractivity (Wildman–Crippen MR) is 57.7 cm³/mol. The molecule has 1 N–H and O–H groups in total. The molecule has 88 valence electrons. The Morgan fingerprint density at radius 1 is 1.44 bits per heavy atom. The SMILES string of the molecule is CCc1oc(C(=O)N(C)CC)cc1C(=O)O. The molecule has 1 heterocycles. The van der Waals surface area contributed by atoms with E-state index in [-0.39, 0.29) is 17.2 Å². The van der Waals surface area contributed by atoms with Gasteiger partial charge in [-0.3, -0.25) is 4.79 Å². The lowest BCUT2D eigenvalue weighted by molar-refractivity contribution is 0.0693. The number of aromatic carboxylic acids is 1. The quantitative estimate of drug-likeness (QED) is 0.845. The second-order valence-corrected chi connectivity index (χ2v) is 3.43. The summed E-state index contributed by atoms with van der Waals surface area (Å²) in [6.07, 6.45) is 0.449. The number of carbonyl (C=O) groups is 2. The summed E-state index contributed by atoms with van der Waals surface area (Å²) < 4.78 is 5.24. The van der Waals surface area contributed by atoms with E-state index < -0.39 is 5.97 Å². The van der Waals surface area contributed by atoms with Crippen LogP contribution in [0.5, 0.6) is 0 Å². The normalized spacial score (nSPS) is 10.2. The maximum Gasteiger partial charge on any atom is 0.339 e. The van der Waals surface area contributed by atoms with Crippen LogP contribution in [0, 0.1) is 0 Å². The molecule has 0 bridgehead atoms. The monoisotopic (exact) mass is 225 g/mol. The van der Waals surface area contributed by atoms with Crippen molar-refractivity contribution in [3.63, 3.8) is 0 Å². The number of carbonyl (C=O) groups excluding carboxylic acids is 1. The van der Waals surface area contributed by atoms with Crippen LogP contribution in [-0.2, 0) is 6.42 Å². The molecule has 0 aliphatic carbocycles. The van der Waals surface area contributed by atoms with Crippen molar-refractivity contribution in [2.24, 2.45) is 0 Å². The minimum Gasteiger partial charge on any atom is -0.478 e. The van der Waals surface area contributed by atoms with Crippen molar-refractivity contribution >= 4 is 11.9 Å². The first-order chi connectivity index (χ1) is 7.51. The Morgan fingerprint density at radius 2 is 2.06 bits per heavy atom. The largest absolute Gasteiger partial charge is 0.478 e. The van der Waals surface area contributed by atoms with Gasteiger partial charge in [0.25, 0.3) is 5.91 Å². The van der Waals surface area contributed by atoms with Crippen molar-refractivity contribution in [2.75, 3.05) is 13.6 Å². The first-order valence-electron chi connectivity index (χ1n) is 5.12. The molecular weight excluding hydrogens is 210 g/mol. The Labute approximate surface area is 93.7 Å². The number of hydrogen-bond donors (Lipinski definition) is 1. The van der Waals surface area contributed by atoms with Gasteiger partial charge in [0.05, 0.1) is 0 Å². The van der Waals surface area contributed by atoms with E-state index >= 15 is 0 Å². The maximum atomic E-state index is 11.7. The summed E-state index contributed by atoms with van der Waals surface area (Å²) in [6, 6.07) is 1.29. The molecule has 0 saturated heterocycles. The van der Waals surface area contributed by atoms with E-state index in [9.17, 15) is 9.59 Å². The van der Waals surface area contributed by atoms with Gasteiger partial charge >= 0.3 is 5.97 Å². The molecular formula is C11H15NO4. The smallest absolute Gasteiger partial charge is 0.339 e. The molecule has 1 amide bonds. The molecule has 0 unspecified atom stereocenters. The van der Waals surface area contributed by atoms with E-state index in [1.807, 2.05) is 6.92 Å². The van der Waals surface area contributed by atoms with Crippen LogP contribution in [0.2, 0.25) is 0 Å². The summed E-state index contributed by atoms with van der Waals surface area (Å²) >= 11 is 0. The van der Waals surface area contributed by atoms with E-state index in [0.717, 1.165) is 0 Å². The number of aryl methyl sites for hydroxylation is 1. The van der Waals surface area contributed by atoms with Crippen LogP contribution in [0.3, 0.4) is 0 Å². The summed E-state index contributed by atoms with van der Waals surface area (Å²) in [7, 11) is 1.64. The summed E-state index contributed by atoms with van der Waals surface area (Å²) in [5.74, 6) is -0.956. The third-order valence-corrected chi connectivity index (χ3v) is 2.39. The zero-order chi connectivity index (χ0) is 12.3. The van der Waals surface area contributed by atoms with Crippen LogP contribution in [0.1, 0.15) is 40.5 Å². The predicted octanol–water partition coefficient (Wildman–Crippen LogP) is 1.63. The number of carboxylic acids is 1. The molecule has 0 aliphatic heterocycles. The minimum atomic E-state index is -1.07. The highest BCUT2D eigenvalue weighted by atomic mass is 16.4. The van der Waals surface area contributed by atoms with Crippen molar-refractivity contribution in [3.05, 3.63) is 23.2 Å². The Morgan fingerprint density at radius 3 is 2.44 bits per heavy atom. The van der Waals surface area contributed by atoms with Gasteiger partial charge in [0.15, 0.2) is 5.76 Å². The Bertz CT molecular complexity index is 408. The highest BCUT2D eigenvalue weighted by Gasteiger charge is 2.21. The van der Waals surface area contributed by atoms with E-state index in [1.165, 1.54) is 11.0 Å². The van der Waals surface area contributed by atoms with E-state index in [1.54, 1.807) is 14.0 Å². The average molecular weight is 225 g/mol. The Balaban J connectivity index is 3.08. The third kappa shape index (κ3) is 2.24. The Hall–Kier alpha value is -1.78. The molecule has 1 rings (SSSR count). The number of amides is 1. The van der Waals surface area contributed by atoms with Gasteiger partial charge in [0, 0.05) is 26.1 Å². The van der Waals surface area contributed by atoms with Crippen LogP contribution < -0.4 is 0 Å². The van der Waals surface area contributed by atoms with Gasteiger partial charge in [-0.15, -0.1) is 0 Å². The number of hydrogen-bond acceptors (Lipinski definition) is 3. The third-order valence-electron chi connectivity index (χ3n) is 2.39. The van der Waals surface area contributed by atoms with Crippen molar-refractivity contribution in [1.29, 1.82) is 0 Å². The molecule has 5 nitrogen and oxygen atoms in total. The molecule has 0 atom stereocenters. The van der Waals surface area contributed by atoms with Gasteiger partial charge in [-0.2, -0.15) is 0 Å². The van der Waals surface area contributed by atoms with Gasteiger partial charge in [-0.25, -0.2) is 4.79 Å². The number of nitrogens with zero attached hydrogens (tertiary/aromatic N) is 1. The molecule has 5 heteroatoms. The number of carboxylic acid groups (broad SMARTS) is 1. The molecule has 0 radical (unpaired) electrons. The van der Waals surface area contributed by atoms with Crippen LogP contribution in [0.4, 0.5) is 0 Å². The topological polar surface area (TPSA) is 70.8 Å². The fraction of sp³-hybridized carbons (Fsp3) is 0.455. The fourth-order valence-electron chi connectivity index (χ4n) is 1.31. The van der Waals surface area contributed by atoms with E-state index in [4.69, 9.17) is 9.52 Å². The zero-order valence-corrected chi connectivity index (χ0v) is 9.61. The highest BCUT2D eigenvalue weighted by molar-refractivity contribution is 5.96. The summed E-state index contributed by atoms with van der Waals surface area (Å²) in [4.78, 5) is 24.1. The lowest BCUT2D eigenvalue weighted by Gasteiger charge is -2.11. The zero-order valence-electron chi connectivity index (χ0n) is 9.61. The van der Waals surface area contributed by atoms with Gasteiger partial charge in [0.1, 0.15) is 11.3 Å². The molecule has 1 aromatic heterocycles. The maximum absolute atomic E-state index is 11.7. The van der Waals surface area contributed by atoms with Crippen LogP contribution >= 0.6 is 0 Å². The second kappa shape index (κ2) is 4.83. The van der Waals surface area contributed by atoms with Gasteiger partial charge in [-0.1, -0.05) is 6.92 Å². The van der Waals surface area contributed by atoms with E-state index in [0.29, 0.717) is 18.7 Å². The first kappa shape index (κ1) is 12.3. The van der Waals surface area contributed by atoms with Gasteiger partial charge < -0.3 is 14.4 Å². The lowest BCUT2D eigenvalue weighted by atomic mass is 10.2. The molecule has 0 saturated carbocycles. The van der Waals surface area contributed by atoms with E-state index in [2.05, 4.69) is 0 Å². The van der Waals surface area contributed by atoms with Crippen molar-refractivity contribution < 1.29 is 19.1 Å². The molecule has 0 spiro atoms. The summed E-state index contributed by atoms with van der Waals surface area (Å²) in [6.45, 7) is 4.16. The fourth-order valence-corrected chi connectivity index (χ4v) is 1.31. The van der Waals surface area contributed by atoms with Crippen LogP contribution in [-0.4, -0.2) is 35.5 Å². The number of rotatable bonds is 4. The Kier molecular flexibility index (Phi) is 3.71. The molecule has 1 aromatic rings. The highest BCUT2D eigenvalue weighted by Crippen LogP contribution is 2.17. The van der Waals surface area contributed by atoms with Crippen LogP contribution in [0.15, 0.2) is 10.5 Å². The molecule has 0 fully saturated rings. The molecule has 16 heavy (non-hydrogen) atoms. The summed E-state index contributed by atoms with van der Waals surface area (Å²) in [5.41, 5.74) is 0.0651. The number of furan rings is 1. The van der Waals surface area contributed by atoms with Crippen LogP contribution in [0.25, 0.3) is 0 Å². The standard InChI is InChI=1S/C11H15NO4/c1-4-8-7(11(14)15)6-9(16-8)10(13)12(3)5-2/h6H,4-5H2,1-3H3,(H,14,15). The van der Waals surface area contributed by atoms with Gasteiger partial charge in [-0.05, 0) is 6.92 Å². The first-order valence-corrected chi connectivity index (χ1v) is 5.12. The average Bonchev–Trinajstić information content (AvgIpc) is 2.70. The van der Waals surface area contributed by atoms with Crippen molar-refractivity contribution in [2.45, 2.75) is 20.3 Å². The molecule has 0 aromatic carbocycles. The summed E-state index contributed by atoms with van der Waals surface area (Å²) in [5, 5.41) is 8.90.